The van der Waals surface area contributed by atoms with Gasteiger partial charge in [0.15, 0.2) is 13.1 Å². The van der Waals surface area contributed by atoms with Crippen LogP contribution in [0.15, 0.2) is 4.99 Å². The minimum absolute atomic E-state index is 0.0806. The maximum atomic E-state index is 11.7. The number of carbonyl (C=O) groups excluding carboxylic acids is 1. The van der Waals surface area contributed by atoms with Crippen molar-refractivity contribution in [2.45, 2.75) is 57.4 Å². The van der Waals surface area contributed by atoms with Gasteiger partial charge in [0.25, 0.3) is 0 Å². The minimum atomic E-state index is -0.914. The highest BCUT2D eigenvalue weighted by Gasteiger charge is 2.50. The van der Waals surface area contributed by atoms with Crippen LogP contribution in [0.5, 0.6) is 0 Å². The molecule has 1 amide bonds. The number of rotatable bonds is 8. The van der Waals surface area contributed by atoms with E-state index in [0.29, 0.717) is 6.42 Å². The molecule has 1 saturated carbocycles. The molecular weight excluding hydrogens is 327 g/mol. The number of nitrogens with zero attached hydrogens (tertiary/aromatic N) is 1. The number of nitrogens with two attached hydrogens (primary N) is 2. The Morgan fingerprint density at radius 3 is 2.33 bits per heavy atom. The highest BCUT2D eigenvalue weighted by atomic mass is 32.2. The third-order valence-corrected chi connectivity index (χ3v) is 5.80. The third kappa shape index (κ3) is 4.81. The largest absolute Gasteiger partial charge is 0.481 e. The fourth-order valence-corrected chi connectivity index (χ4v) is 4.75. The number of aliphatic carboxylic acids is 1. The van der Waals surface area contributed by atoms with E-state index >= 15 is 0 Å². The highest BCUT2D eigenvalue weighted by molar-refractivity contribution is 8.20. The zero-order valence-electron chi connectivity index (χ0n) is 14.4. The van der Waals surface area contributed by atoms with Gasteiger partial charge in [-0.15, -0.1) is 0 Å². The molecular formula is C15H27BN4O3S. The highest BCUT2D eigenvalue weighted by Crippen LogP contribution is 2.44. The molecule has 0 aromatic rings. The van der Waals surface area contributed by atoms with E-state index < -0.39 is 11.9 Å². The fraction of sp³-hybridized carbons (Fsp3) is 0.800. The molecule has 0 spiro atoms. The van der Waals surface area contributed by atoms with Crippen molar-refractivity contribution in [2.75, 3.05) is 0 Å². The molecule has 0 saturated heterocycles. The second-order valence-electron chi connectivity index (χ2n) is 6.28. The number of carboxylic acid groups (broad SMARTS) is 1. The summed E-state index contributed by atoms with van der Waals surface area (Å²) in [5, 5.41) is 12.2. The zero-order valence-corrected chi connectivity index (χ0v) is 15.3. The fourth-order valence-electron chi connectivity index (χ4n) is 3.80. The lowest BCUT2D eigenvalue weighted by Gasteiger charge is -2.36. The van der Waals surface area contributed by atoms with Gasteiger partial charge >= 0.3 is 5.97 Å². The first kappa shape index (κ1) is 20.7. The van der Waals surface area contributed by atoms with Crippen LogP contribution in [0.3, 0.4) is 0 Å². The number of amides is 1. The first-order valence-electron chi connectivity index (χ1n) is 8.20. The zero-order chi connectivity index (χ0) is 18.4. The van der Waals surface area contributed by atoms with Crippen molar-refractivity contribution in [3.8, 4) is 0 Å². The summed E-state index contributed by atoms with van der Waals surface area (Å²) in [5.74, 6) is -1.85. The van der Waals surface area contributed by atoms with Crippen LogP contribution < -0.4 is 16.8 Å². The van der Waals surface area contributed by atoms with E-state index in [9.17, 15) is 14.7 Å². The Morgan fingerprint density at radius 1 is 1.38 bits per heavy atom. The Hall–Kier alpha value is -1.38. The molecule has 6 N–H and O–H groups in total. The Labute approximate surface area is 148 Å². The van der Waals surface area contributed by atoms with E-state index in [1.54, 1.807) is 0 Å². The topological polar surface area (TPSA) is 131 Å². The molecule has 2 radical (unpaired) electrons. The van der Waals surface area contributed by atoms with Crippen molar-refractivity contribution >= 4 is 36.6 Å². The molecule has 0 aromatic carbocycles. The molecule has 0 heterocycles. The third-order valence-electron chi connectivity index (χ3n) is 4.85. The lowest BCUT2D eigenvalue weighted by molar-refractivity contribution is -0.141. The number of hydrogen-bond donors (Lipinski definition) is 4. The van der Waals surface area contributed by atoms with Gasteiger partial charge in [0.1, 0.15) is 0 Å². The minimum Gasteiger partial charge on any atom is -0.481 e. The number of nitrogens with one attached hydrogen (secondary N) is 1. The Bertz CT molecular complexity index is 483. The van der Waals surface area contributed by atoms with Gasteiger partial charge < -0.3 is 21.9 Å². The number of hydrogen-bond acceptors (Lipinski definition) is 4. The van der Waals surface area contributed by atoms with Gasteiger partial charge in [-0.3, -0.25) is 9.59 Å². The van der Waals surface area contributed by atoms with Crippen LogP contribution >= 0.6 is 11.6 Å². The first-order chi connectivity index (χ1) is 11.3. The summed E-state index contributed by atoms with van der Waals surface area (Å²) in [7, 11) is 5.83. The number of guanidine groups is 1. The second-order valence-corrected chi connectivity index (χ2v) is 7.10. The molecule has 134 valence electrons. The lowest BCUT2D eigenvalue weighted by Crippen LogP contribution is -2.50. The molecule has 1 rings (SSSR count). The summed E-state index contributed by atoms with van der Waals surface area (Å²) in [6, 6.07) is -0.606. The summed E-state index contributed by atoms with van der Waals surface area (Å²) >= 11 is 1.02. The van der Waals surface area contributed by atoms with Gasteiger partial charge in [-0.2, -0.15) is 0 Å². The van der Waals surface area contributed by atoms with Gasteiger partial charge in [0.2, 0.25) is 5.91 Å². The van der Waals surface area contributed by atoms with Crippen LogP contribution in [-0.2, 0) is 9.59 Å². The van der Waals surface area contributed by atoms with E-state index in [1.807, 2.05) is 13.8 Å². The molecule has 7 nitrogen and oxygen atoms in total. The average molecular weight is 354 g/mol. The van der Waals surface area contributed by atoms with Crippen molar-refractivity contribution in [3.63, 3.8) is 0 Å². The molecule has 0 aromatic heterocycles. The van der Waals surface area contributed by atoms with Crippen molar-refractivity contribution < 1.29 is 14.7 Å². The second kappa shape index (κ2) is 9.20. The first-order valence-corrected chi connectivity index (χ1v) is 9.15. The summed E-state index contributed by atoms with van der Waals surface area (Å²) < 4.78 is 0. The van der Waals surface area contributed by atoms with Crippen LogP contribution in [0, 0.1) is 17.8 Å². The van der Waals surface area contributed by atoms with Gasteiger partial charge in [0.05, 0.1) is 12.0 Å². The van der Waals surface area contributed by atoms with E-state index in [4.69, 9.17) is 18.6 Å². The molecule has 0 unspecified atom stereocenters. The quantitative estimate of drug-likeness (QED) is 0.285. The van der Waals surface area contributed by atoms with Crippen LogP contribution in [-0.4, -0.2) is 47.4 Å². The molecule has 24 heavy (non-hydrogen) atoms. The van der Waals surface area contributed by atoms with E-state index in [2.05, 4.69) is 10.3 Å². The van der Waals surface area contributed by atoms with Crippen molar-refractivity contribution in [2.24, 2.45) is 34.2 Å². The molecule has 5 atom stereocenters. The van der Waals surface area contributed by atoms with Crippen LogP contribution in [0.2, 0.25) is 0 Å². The van der Waals surface area contributed by atoms with Crippen molar-refractivity contribution in [3.05, 3.63) is 0 Å². The number of aliphatic imine (C=N–C) groups is 1. The van der Waals surface area contributed by atoms with Gasteiger partial charge in [0, 0.05) is 24.1 Å². The standard InChI is InChI=1S/C15H27BN4O3S/c1-4-8(5-2)12(19-7(3)21)11-10(20-15(17)18)6-9(14(22)23)13(11)24-16/h8-13H,4-6H2,1-3H3,(H,19,21)(H,22,23)(H4,17,18,20)/t9-,10+,11+,12+,13+/m0/s1. The maximum absolute atomic E-state index is 11.7. The van der Waals surface area contributed by atoms with Crippen molar-refractivity contribution in [1.29, 1.82) is 0 Å². The summed E-state index contributed by atoms with van der Waals surface area (Å²) in [6.07, 6.45) is 2.02. The average Bonchev–Trinajstić information content (AvgIpc) is 2.84. The molecule has 1 aliphatic rings. The molecule has 0 bridgehead atoms. The molecule has 1 fully saturated rings. The van der Waals surface area contributed by atoms with E-state index in [1.165, 1.54) is 6.92 Å². The maximum Gasteiger partial charge on any atom is 0.307 e. The lowest BCUT2D eigenvalue weighted by atomic mass is 9.81. The molecule has 1 aliphatic carbocycles. The Morgan fingerprint density at radius 2 is 1.96 bits per heavy atom. The van der Waals surface area contributed by atoms with Crippen molar-refractivity contribution in [1.82, 2.24) is 5.32 Å². The summed E-state index contributed by atoms with van der Waals surface area (Å²) in [6.45, 7) is 5.55. The van der Waals surface area contributed by atoms with Gasteiger partial charge in [-0.1, -0.05) is 26.7 Å². The van der Waals surface area contributed by atoms with Crippen LogP contribution in [0.25, 0.3) is 0 Å². The Balaban J connectivity index is 3.31. The van der Waals surface area contributed by atoms with E-state index in [0.717, 1.165) is 24.5 Å². The van der Waals surface area contributed by atoms with Gasteiger partial charge in [-0.25, -0.2) is 16.6 Å². The molecule has 0 aliphatic heterocycles. The van der Waals surface area contributed by atoms with E-state index in [-0.39, 0.29) is 41.0 Å². The normalized spacial score (nSPS) is 27.7. The molecule has 9 heteroatoms. The van der Waals surface area contributed by atoms with Crippen LogP contribution in [0.1, 0.15) is 40.0 Å². The summed E-state index contributed by atoms with van der Waals surface area (Å²) in [5.41, 5.74) is 11.1. The Kier molecular flexibility index (Phi) is 7.92. The predicted octanol–water partition coefficient (Wildman–Crippen LogP) is 0.475. The monoisotopic (exact) mass is 354 g/mol. The predicted molar refractivity (Wildman–Crippen MR) is 97.6 cm³/mol. The van der Waals surface area contributed by atoms with Crippen LogP contribution in [0.4, 0.5) is 0 Å². The smallest absolute Gasteiger partial charge is 0.307 e. The number of carboxylic acids is 1. The number of carbonyl (C=O) groups is 2. The SMILES string of the molecule is [B]S[C@H]1[C@@H]([C@H](NC(C)=O)C(CC)CC)[C@H](N=C(N)N)C[C@@H]1C(=O)O. The summed E-state index contributed by atoms with van der Waals surface area (Å²) in [4.78, 5) is 27.6. The van der Waals surface area contributed by atoms with Gasteiger partial charge in [-0.05, 0) is 12.3 Å².